The van der Waals surface area contributed by atoms with Crippen molar-refractivity contribution in [2.45, 2.75) is 38.2 Å². The van der Waals surface area contributed by atoms with E-state index in [2.05, 4.69) is 48.8 Å². The topological polar surface area (TPSA) is 139 Å². The number of pyridine rings is 1. The summed E-state index contributed by atoms with van der Waals surface area (Å²) in [6.07, 6.45) is 3.70. The Bertz CT molecular complexity index is 1410. The molecule has 1 aromatic carbocycles. The minimum Gasteiger partial charge on any atom is -0.380 e. The van der Waals surface area contributed by atoms with Gasteiger partial charge in [0, 0.05) is 84.9 Å². The number of alkyl halides is 1. The summed E-state index contributed by atoms with van der Waals surface area (Å²) in [5.74, 6) is 6.98. The molecule has 2 fully saturated rings. The number of hydrazine groups is 1. The van der Waals surface area contributed by atoms with Crippen LogP contribution in [0.3, 0.4) is 0 Å². The highest BCUT2D eigenvalue weighted by Gasteiger charge is 2.43. The molecular weight excluding hydrogens is 713 g/mol. The van der Waals surface area contributed by atoms with Gasteiger partial charge in [-0.1, -0.05) is 59.0 Å². The SMILES string of the molecule is CC(=O)N1CCC(O)(C(=O)N2CCC(C3=C(Br)C(=N)N(N)/C(=C(\CI)c4ccc(-c5ccccc5)nc4)N3)CC2)CC1. The summed E-state index contributed by atoms with van der Waals surface area (Å²) in [5.41, 5.74) is 3.20. The van der Waals surface area contributed by atoms with Crippen LogP contribution in [0.25, 0.3) is 16.8 Å². The van der Waals surface area contributed by atoms with Gasteiger partial charge in [-0.15, -0.1) is 0 Å². The number of allylic oxidation sites excluding steroid dienone is 2. The van der Waals surface area contributed by atoms with E-state index in [9.17, 15) is 14.7 Å². The second kappa shape index (κ2) is 12.8. The molecule has 3 aliphatic heterocycles. The Morgan fingerprint density at radius 1 is 1.12 bits per heavy atom. The van der Waals surface area contributed by atoms with Gasteiger partial charge in [-0.05, 0) is 34.8 Å². The molecule has 0 bridgehead atoms. The molecule has 0 aliphatic carbocycles. The Morgan fingerprint density at radius 2 is 1.79 bits per heavy atom. The smallest absolute Gasteiger partial charge is 0.254 e. The summed E-state index contributed by atoms with van der Waals surface area (Å²) >= 11 is 5.90. The minimum absolute atomic E-state index is 0.0367. The van der Waals surface area contributed by atoms with Gasteiger partial charge in [0.05, 0.1) is 10.2 Å². The van der Waals surface area contributed by atoms with Crippen molar-refractivity contribution in [3.8, 4) is 11.3 Å². The predicted octanol–water partition coefficient (Wildman–Crippen LogP) is 3.83. The zero-order chi connectivity index (χ0) is 30.0. The Kier molecular flexibility index (Phi) is 9.35. The molecule has 12 heteroatoms. The fourth-order valence-corrected chi connectivity index (χ4v) is 7.21. The van der Waals surface area contributed by atoms with Gasteiger partial charge in [0.25, 0.3) is 5.91 Å². The highest BCUT2D eigenvalue weighted by molar-refractivity contribution is 14.1. The lowest BCUT2D eigenvalue weighted by atomic mass is 9.87. The first kappa shape index (κ1) is 30.6. The van der Waals surface area contributed by atoms with E-state index in [0.717, 1.165) is 28.1 Å². The molecule has 0 atom stereocenters. The van der Waals surface area contributed by atoms with Crippen molar-refractivity contribution in [2.75, 3.05) is 30.6 Å². The molecule has 4 heterocycles. The lowest BCUT2D eigenvalue weighted by Crippen LogP contribution is -2.57. The minimum atomic E-state index is -1.43. The van der Waals surface area contributed by atoms with Crippen LogP contribution in [0, 0.1) is 11.3 Å². The molecule has 1 aromatic heterocycles. The lowest BCUT2D eigenvalue weighted by Gasteiger charge is -2.42. The van der Waals surface area contributed by atoms with Crippen LogP contribution >= 0.6 is 38.5 Å². The normalized spacial score (nSPS) is 20.9. The van der Waals surface area contributed by atoms with Crippen LogP contribution in [0.1, 0.15) is 38.2 Å². The Labute approximate surface area is 267 Å². The monoisotopic (exact) mass is 747 g/mol. The van der Waals surface area contributed by atoms with E-state index in [1.807, 2.05) is 48.7 Å². The number of halogens is 2. The van der Waals surface area contributed by atoms with Crippen molar-refractivity contribution in [3.63, 3.8) is 0 Å². The van der Waals surface area contributed by atoms with Gasteiger partial charge < -0.3 is 20.2 Å². The molecule has 0 unspecified atom stereocenters. The molecule has 10 nitrogen and oxygen atoms in total. The number of aromatic nitrogens is 1. The number of hydrogen-bond donors (Lipinski definition) is 4. The van der Waals surface area contributed by atoms with Gasteiger partial charge >= 0.3 is 0 Å². The van der Waals surface area contributed by atoms with Gasteiger partial charge in [0.2, 0.25) is 5.91 Å². The van der Waals surface area contributed by atoms with Crippen molar-refractivity contribution < 1.29 is 14.7 Å². The second-order valence-corrected chi connectivity index (χ2v) is 12.5. The summed E-state index contributed by atoms with van der Waals surface area (Å²) in [4.78, 5) is 33.1. The van der Waals surface area contributed by atoms with Crippen LogP contribution in [-0.4, -0.2) is 78.8 Å². The molecule has 2 saturated heterocycles. The summed E-state index contributed by atoms with van der Waals surface area (Å²) in [6.45, 7) is 3.27. The lowest BCUT2D eigenvalue weighted by molar-refractivity contribution is -0.159. The van der Waals surface area contributed by atoms with Crippen LogP contribution in [0.2, 0.25) is 0 Å². The molecule has 0 radical (unpaired) electrons. The number of amidine groups is 1. The van der Waals surface area contributed by atoms with Crippen molar-refractivity contribution in [2.24, 2.45) is 11.8 Å². The van der Waals surface area contributed by atoms with Crippen LogP contribution in [0.5, 0.6) is 0 Å². The average molecular weight is 748 g/mol. The predicted molar refractivity (Wildman–Crippen MR) is 174 cm³/mol. The van der Waals surface area contributed by atoms with Crippen LogP contribution in [0.4, 0.5) is 0 Å². The number of hydrogen-bond acceptors (Lipinski definition) is 7. The number of nitrogens with two attached hydrogens (primary N) is 1. The maximum atomic E-state index is 13.3. The highest BCUT2D eigenvalue weighted by Crippen LogP contribution is 2.36. The molecule has 2 aromatic rings. The fraction of sp³-hybridized carbons (Fsp3) is 0.400. The zero-order valence-corrected chi connectivity index (χ0v) is 27.2. The number of benzene rings is 1. The van der Waals surface area contributed by atoms with E-state index in [4.69, 9.17) is 11.3 Å². The molecule has 5 rings (SSSR count). The first-order valence-electron chi connectivity index (χ1n) is 14.0. The van der Waals surface area contributed by atoms with Crippen molar-refractivity contribution in [1.29, 1.82) is 5.41 Å². The van der Waals surface area contributed by atoms with E-state index in [-0.39, 0.29) is 36.4 Å². The maximum absolute atomic E-state index is 13.3. The molecule has 5 N–H and O–H groups in total. The number of aliphatic hydroxyl groups is 1. The summed E-state index contributed by atoms with van der Waals surface area (Å²) in [6, 6.07) is 14.0. The average Bonchev–Trinajstić information content (AvgIpc) is 3.02. The first-order chi connectivity index (χ1) is 20.1. The maximum Gasteiger partial charge on any atom is 0.254 e. The summed E-state index contributed by atoms with van der Waals surface area (Å²) in [5, 5.41) is 24.7. The summed E-state index contributed by atoms with van der Waals surface area (Å²) < 4.78 is 1.24. The third-order valence-electron chi connectivity index (χ3n) is 8.40. The largest absolute Gasteiger partial charge is 0.380 e. The summed E-state index contributed by atoms with van der Waals surface area (Å²) in [7, 11) is 0. The number of carbonyl (C=O) groups excluding carboxylic acids is 2. The number of amides is 2. The van der Waals surface area contributed by atoms with Crippen molar-refractivity contribution >= 4 is 61.7 Å². The number of rotatable bonds is 5. The Hall–Kier alpha value is -2.81. The second-order valence-electron chi connectivity index (χ2n) is 10.9. The zero-order valence-electron chi connectivity index (χ0n) is 23.4. The van der Waals surface area contributed by atoms with Crippen molar-refractivity contribution in [3.05, 3.63) is 70.2 Å². The third kappa shape index (κ3) is 6.12. The number of likely N-dealkylation sites (tertiary alicyclic amines) is 2. The highest BCUT2D eigenvalue weighted by atomic mass is 127. The number of carbonyl (C=O) groups is 2. The Morgan fingerprint density at radius 3 is 2.36 bits per heavy atom. The van der Waals surface area contributed by atoms with Crippen LogP contribution < -0.4 is 11.2 Å². The van der Waals surface area contributed by atoms with E-state index in [1.165, 1.54) is 11.9 Å². The standard InChI is InChI=1S/C30H35BrIN7O3/c1-19(40)37-15-11-30(42,12-16-37)29(41)38-13-9-21(10-14-38)26-25(31)27(33)39(34)28(36-26)23(17-32)22-7-8-24(35-18-22)20-5-3-2-4-6-20/h2-8,18,21,33,36,42H,9-17,34H2,1H3/b28-23+,33-27?. The third-order valence-corrected chi connectivity index (χ3v) is 9.97. The first-order valence-corrected chi connectivity index (χ1v) is 16.3. The number of nitrogens with zero attached hydrogens (tertiary/aromatic N) is 4. The molecule has 222 valence electrons. The van der Waals surface area contributed by atoms with E-state index in [1.54, 1.807) is 9.80 Å². The van der Waals surface area contributed by atoms with Crippen LogP contribution in [-0.2, 0) is 9.59 Å². The number of nitrogens with one attached hydrogen (secondary N) is 2. The van der Waals surface area contributed by atoms with Gasteiger partial charge in [0.1, 0.15) is 11.4 Å². The molecule has 0 spiro atoms. The van der Waals surface area contributed by atoms with Gasteiger partial charge in [-0.3, -0.25) is 20.0 Å². The van der Waals surface area contributed by atoms with Crippen LogP contribution in [0.15, 0.2) is 64.7 Å². The van der Waals surface area contributed by atoms with Gasteiger partial charge in [-0.25, -0.2) is 10.9 Å². The van der Waals surface area contributed by atoms with E-state index < -0.39 is 5.60 Å². The van der Waals surface area contributed by atoms with E-state index >= 15 is 0 Å². The number of piperidine rings is 2. The van der Waals surface area contributed by atoms with Crippen molar-refractivity contribution in [1.82, 2.24) is 25.1 Å². The quantitative estimate of drug-likeness (QED) is 0.207. The van der Waals surface area contributed by atoms with Gasteiger partial charge in [-0.2, -0.15) is 0 Å². The molecule has 42 heavy (non-hydrogen) atoms. The molecule has 3 aliphatic rings. The molecule has 0 saturated carbocycles. The molecular formula is C30H35BrIN7O3. The van der Waals surface area contributed by atoms with Gasteiger partial charge in [0.15, 0.2) is 5.84 Å². The Balaban J connectivity index is 1.31. The molecule has 2 amide bonds. The fourth-order valence-electron chi connectivity index (χ4n) is 5.79. The van der Waals surface area contributed by atoms with E-state index in [0.29, 0.717) is 53.8 Å².